The van der Waals surface area contributed by atoms with Gasteiger partial charge in [0.25, 0.3) is 0 Å². The van der Waals surface area contributed by atoms with Crippen LogP contribution in [0.15, 0.2) is 35.0 Å². The van der Waals surface area contributed by atoms with Crippen LogP contribution in [-0.2, 0) is 13.5 Å². The van der Waals surface area contributed by atoms with Crippen LogP contribution >= 0.6 is 0 Å². The lowest BCUT2D eigenvalue weighted by Crippen LogP contribution is -2.34. The molecule has 1 aliphatic carbocycles. The van der Waals surface area contributed by atoms with Gasteiger partial charge >= 0.3 is 0 Å². The van der Waals surface area contributed by atoms with Gasteiger partial charge in [0, 0.05) is 48.7 Å². The smallest absolute Gasteiger partial charge is 0.228 e. The van der Waals surface area contributed by atoms with E-state index < -0.39 is 0 Å². The number of hydrogen-bond donors (Lipinski definition) is 1. The summed E-state index contributed by atoms with van der Waals surface area (Å²) in [4.78, 5) is 4.61. The molecule has 25 heavy (non-hydrogen) atoms. The topological polar surface area (TPSA) is 55.9 Å². The maximum Gasteiger partial charge on any atom is 0.228 e. The molecule has 0 radical (unpaired) electrons. The van der Waals surface area contributed by atoms with Gasteiger partial charge in [0.05, 0.1) is 0 Å². The molecule has 0 saturated heterocycles. The normalized spacial score (nSPS) is 21.0. The fourth-order valence-corrected chi connectivity index (χ4v) is 3.83. The standard InChI is InChI=1S/C20H26N4O/c1-14-7-9-15(10-8-14)21-12-11-19-22-20(23-25-19)17-13-24(2)18-6-4-3-5-16(17)18/h3-6,13-15,21H,7-12H2,1-2H3/t14-,15+. The van der Waals surface area contributed by atoms with E-state index in [0.29, 0.717) is 17.8 Å². The first-order valence-electron chi connectivity index (χ1n) is 9.31. The summed E-state index contributed by atoms with van der Waals surface area (Å²) in [5.41, 5.74) is 2.21. The minimum atomic E-state index is 0.650. The second kappa shape index (κ2) is 7.00. The highest BCUT2D eigenvalue weighted by Gasteiger charge is 2.18. The lowest BCUT2D eigenvalue weighted by Gasteiger charge is -2.26. The van der Waals surface area contributed by atoms with Crippen LogP contribution in [0.2, 0.25) is 0 Å². The predicted octanol–water partition coefficient (Wildman–Crippen LogP) is 3.94. The highest BCUT2D eigenvalue weighted by molar-refractivity contribution is 5.94. The van der Waals surface area contributed by atoms with E-state index in [2.05, 4.69) is 45.3 Å². The molecular formula is C20H26N4O. The number of benzene rings is 1. The van der Waals surface area contributed by atoms with E-state index in [1.165, 1.54) is 31.2 Å². The summed E-state index contributed by atoms with van der Waals surface area (Å²) < 4.78 is 7.58. The van der Waals surface area contributed by atoms with E-state index in [0.717, 1.165) is 29.8 Å². The van der Waals surface area contributed by atoms with E-state index >= 15 is 0 Å². The van der Waals surface area contributed by atoms with Crippen LogP contribution in [0.3, 0.4) is 0 Å². The predicted molar refractivity (Wildman–Crippen MR) is 99.3 cm³/mol. The molecule has 1 aliphatic rings. The van der Waals surface area contributed by atoms with Gasteiger partial charge < -0.3 is 14.4 Å². The first kappa shape index (κ1) is 16.3. The number of fused-ring (bicyclic) bond motifs is 1. The van der Waals surface area contributed by atoms with Crippen LogP contribution in [-0.4, -0.2) is 27.3 Å². The maximum absolute atomic E-state index is 5.47. The summed E-state index contributed by atoms with van der Waals surface area (Å²) in [6.07, 6.45) is 8.09. The molecule has 0 aliphatic heterocycles. The van der Waals surface area contributed by atoms with Crippen molar-refractivity contribution >= 4 is 10.9 Å². The number of nitrogens with one attached hydrogen (secondary N) is 1. The molecule has 132 valence electrons. The van der Waals surface area contributed by atoms with E-state index in [4.69, 9.17) is 4.52 Å². The van der Waals surface area contributed by atoms with Gasteiger partial charge in [0.2, 0.25) is 11.7 Å². The number of rotatable bonds is 5. The van der Waals surface area contributed by atoms with Crippen molar-refractivity contribution in [2.75, 3.05) is 6.54 Å². The summed E-state index contributed by atoms with van der Waals surface area (Å²) >= 11 is 0. The van der Waals surface area contributed by atoms with Gasteiger partial charge in [-0.3, -0.25) is 0 Å². The first-order valence-corrected chi connectivity index (χ1v) is 9.31. The highest BCUT2D eigenvalue weighted by atomic mass is 16.5. The average molecular weight is 338 g/mol. The van der Waals surface area contributed by atoms with Gasteiger partial charge in [-0.25, -0.2) is 0 Å². The van der Waals surface area contributed by atoms with E-state index in [9.17, 15) is 0 Å². The van der Waals surface area contributed by atoms with Crippen molar-refractivity contribution in [2.45, 2.75) is 45.1 Å². The minimum absolute atomic E-state index is 0.650. The van der Waals surface area contributed by atoms with Gasteiger partial charge in [0.1, 0.15) is 0 Å². The quantitative estimate of drug-likeness (QED) is 0.765. The van der Waals surface area contributed by atoms with Crippen LogP contribution in [0.25, 0.3) is 22.3 Å². The lowest BCUT2D eigenvalue weighted by atomic mass is 9.87. The van der Waals surface area contributed by atoms with Crippen LogP contribution < -0.4 is 5.32 Å². The SMILES string of the molecule is Cn1cc(-c2noc(CCN[C@H]3CC[C@@H](C)CC3)n2)c2ccccc21. The Kier molecular flexibility index (Phi) is 4.57. The molecule has 1 aromatic carbocycles. The Morgan fingerprint density at radius 2 is 2.00 bits per heavy atom. The molecule has 1 fully saturated rings. The van der Waals surface area contributed by atoms with Crippen LogP contribution in [0.4, 0.5) is 0 Å². The third-order valence-electron chi connectivity index (χ3n) is 5.39. The zero-order valence-electron chi connectivity index (χ0n) is 15.0. The van der Waals surface area contributed by atoms with E-state index in [1.54, 1.807) is 0 Å². The number of aryl methyl sites for hydroxylation is 1. The van der Waals surface area contributed by atoms with Gasteiger partial charge in [-0.15, -0.1) is 0 Å². The van der Waals surface area contributed by atoms with E-state index in [1.807, 2.05) is 19.2 Å². The Balaban J connectivity index is 1.40. The maximum atomic E-state index is 5.47. The zero-order chi connectivity index (χ0) is 17.2. The fraction of sp³-hybridized carbons (Fsp3) is 0.500. The average Bonchev–Trinajstić information content (AvgIpc) is 3.22. The molecule has 2 heterocycles. The Morgan fingerprint density at radius 1 is 1.20 bits per heavy atom. The third-order valence-corrected chi connectivity index (χ3v) is 5.39. The van der Waals surface area contributed by atoms with Crippen molar-refractivity contribution in [3.05, 3.63) is 36.4 Å². The number of aromatic nitrogens is 3. The molecular weight excluding hydrogens is 312 g/mol. The van der Waals surface area contributed by atoms with Crippen molar-refractivity contribution in [2.24, 2.45) is 13.0 Å². The highest BCUT2D eigenvalue weighted by Crippen LogP contribution is 2.28. The zero-order valence-corrected chi connectivity index (χ0v) is 15.0. The summed E-state index contributed by atoms with van der Waals surface area (Å²) in [5.74, 6) is 2.27. The third kappa shape index (κ3) is 3.47. The van der Waals surface area contributed by atoms with Gasteiger partial charge in [-0.2, -0.15) is 4.98 Å². The largest absolute Gasteiger partial charge is 0.350 e. The van der Waals surface area contributed by atoms with Crippen molar-refractivity contribution in [1.29, 1.82) is 0 Å². The van der Waals surface area contributed by atoms with E-state index in [-0.39, 0.29) is 0 Å². The molecule has 0 amide bonds. The van der Waals surface area contributed by atoms with Gasteiger partial charge in [0.15, 0.2) is 0 Å². The summed E-state index contributed by atoms with van der Waals surface area (Å²) in [6.45, 7) is 3.25. The number of para-hydroxylation sites is 1. The van der Waals surface area contributed by atoms with Crippen LogP contribution in [0.1, 0.15) is 38.5 Å². The summed E-state index contributed by atoms with van der Waals surface area (Å²) in [5, 5.41) is 9.00. The molecule has 4 rings (SSSR count). The molecule has 0 bridgehead atoms. The van der Waals surface area contributed by atoms with Crippen molar-refractivity contribution in [3.63, 3.8) is 0 Å². The number of hydrogen-bond acceptors (Lipinski definition) is 4. The Morgan fingerprint density at radius 3 is 2.84 bits per heavy atom. The molecule has 0 atom stereocenters. The van der Waals surface area contributed by atoms with Crippen molar-refractivity contribution in [3.8, 4) is 11.4 Å². The lowest BCUT2D eigenvalue weighted by molar-refractivity contribution is 0.303. The molecule has 0 unspecified atom stereocenters. The molecule has 5 heteroatoms. The van der Waals surface area contributed by atoms with Crippen molar-refractivity contribution in [1.82, 2.24) is 20.0 Å². The second-order valence-electron chi connectivity index (χ2n) is 7.34. The van der Waals surface area contributed by atoms with Gasteiger partial charge in [-0.05, 0) is 37.7 Å². The van der Waals surface area contributed by atoms with Gasteiger partial charge in [-0.1, -0.05) is 30.3 Å². The fourth-order valence-electron chi connectivity index (χ4n) is 3.83. The Hall–Kier alpha value is -2.14. The Bertz CT molecular complexity index is 842. The minimum Gasteiger partial charge on any atom is -0.350 e. The second-order valence-corrected chi connectivity index (χ2v) is 7.34. The molecule has 3 aromatic rings. The molecule has 1 N–H and O–H groups in total. The summed E-state index contributed by atoms with van der Waals surface area (Å²) in [7, 11) is 2.04. The molecule has 0 spiro atoms. The van der Waals surface area contributed by atoms with Crippen molar-refractivity contribution < 1.29 is 4.52 Å². The number of nitrogens with zero attached hydrogens (tertiary/aromatic N) is 3. The summed E-state index contributed by atoms with van der Waals surface area (Å²) in [6, 6.07) is 8.95. The molecule has 5 nitrogen and oxygen atoms in total. The van der Waals surface area contributed by atoms with Crippen LogP contribution in [0, 0.1) is 5.92 Å². The van der Waals surface area contributed by atoms with Crippen LogP contribution in [0.5, 0.6) is 0 Å². The first-order chi connectivity index (χ1) is 12.2. The molecule has 1 saturated carbocycles. The monoisotopic (exact) mass is 338 g/mol. The Labute approximate surface area is 148 Å². The molecule has 2 aromatic heterocycles.